The van der Waals surface area contributed by atoms with Crippen LogP contribution in [0.5, 0.6) is 5.75 Å². The summed E-state index contributed by atoms with van der Waals surface area (Å²) in [6.45, 7) is 0.0735. The average molecular weight is 370 g/mol. The first kappa shape index (κ1) is 16.6. The SMILES string of the molecule is OCc1ccc2cc(-c3ccc(O)c(C45CC6CC(C4)C(C6)C5)c3)ccc2c1. The number of fused-ring (bicyclic) bond motifs is 1. The first-order valence-electron chi connectivity index (χ1n) is 10.6. The summed E-state index contributed by atoms with van der Waals surface area (Å²) in [6, 6.07) is 18.9. The highest BCUT2D eigenvalue weighted by Gasteiger charge is 2.57. The lowest BCUT2D eigenvalue weighted by atomic mass is 9.65. The number of aliphatic hydroxyl groups is 1. The van der Waals surface area contributed by atoms with E-state index in [2.05, 4.69) is 36.4 Å². The topological polar surface area (TPSA) is 40.5 Å². The van der Waals surface area contributed by atoms with Crippen LogP contribution in [0.2, 0.25) is 0 Å². The predicted molar refractivity (Wildman–Crippen MR) is 112 cm³/mol. The van der Waals surface area contributed by atoms with E-state index < -0.39 is 0 Å². The molecule has 0 heterocycles. The van der Waals surface area contributed by atoms with Crippen molar-refractivity contribution >= 4 is 10.8 Å². The van der Waals surface area contributed by atoms with E-state index in [1.165, 1.54) is 54.2 Å². The summed E-state index contributed by atoms with van der Waals surface area (Å²) < 4.78 is 0. The summed E-state index contributed by atoms with van der Waals surface area (Å²) in [5.41, 5.74) is 4.73. The Labute approximate surface area is 165 Å². The number of phenolic OH excluding ortho intramolecular Hbond substituents is 1. The van der Waals surface area contributed by atoms with Crippen LogP contribution >= 0.6 is 0 Å². The second-order valence-corrected chi connectivity index (χ2v) is 9.54. The van der Waals surface area contributed by atoms with Crippen molar-refractivity contribution in [3.8, 4) is 16.9 Å². The Morgan fingerprint density at radius 2 is 1.46 bits per heavy atom. The van der Waals surface area contributed by atoms with Gasteiger partial charge in [0.25, 0.3) is 0 Å². The van der Waals surface area contributed by atoms with Gasteiger partial charge in [0.15, 0.2) is 0 Å². The van der Waals surface area contributed by atoms with Gasteiger partial charge in [-0.2, -0.15) is 0 Å². The lowest BCUT2D eigenvalue weighted by Gasteiger charge is -2.39. The van der Waals surface area contributed by atoms with Gasteiger partial charge in [0.2, 0.25) is 0 Å². The third-order valence-electron chi connectivity index (χ3n) is 7.91. The van der Waals surface area contributed by atoms with Gasteiger partial charge >= 0.3 is 0 Å². The largest absolute Gasteiger partial charge is 0.508 e. The molecule has 2 heteroatoms. The molecular weight excluding hydrogens is 344 g/mol. The van der Waals surface area contributed by atoms with Crippen LogP contribution in [0.15, 0.2) is 54.6 Å². The smallest absolute Gasteiger partial charge is 0.119 e. The fourth-order valence-electron chi connectivity index (χ4n) is 6.85. The molecule has 4 aliphatic rings. The van der Waals surface area contributed by atoms with E-state index in [0.29, 0.717) is 5.75 Å². The van der Waals surface area contributed by atoms with Crippen LogP contribution in [-0.4, -0.2) is 10.2 Å². The summed E-state index contributed by atoms with van der Waals surface area (Å²) >= 11 is 0. The van der Waals surface area contributed by atoms with Crippen molar-refractivity contribution in [2.24, 2.45) is 17.8 Å². The highest BCUT2D eigenvalue weighted by atomic mass is 16.3. The van der Waals surface area contributed by atoms with Crippen molar-refractivity contribution in [3.05, 3.63) is 65.7 Å². The summed E-state index contributed by atoms with van der Waals surface area (Å²) in [6.07, 6.45) is 6.65. The number of aromatic hydroxyl groups is 1. The summed E-state index contributed by atoms with van der Waals surface area (Å²) in [5.74, 6) is 3.15. The van der Waals surface area contributed by atoms with Gasteiger partial charge in [-0.15, -0.1) is 0 Å². The zero-order valence-corrected chi connectivity index (χ0v) is 16.1. The molecule has 28 heavy (non-hydrogen) atoms. The van der Waals surface area contributed by atoms with E-state index >= 15 is 0 Å². The molecule has 2 unspecified atom stereocenters. The summed E-state index contributed by atoms with van der Waals surface area (Å²) in [5, 5.41) is 22.4. The van der Waals surface area contributed by atoms with Crippen LogP contribution in [0, 0.1) is 17.8 Å². The molecular formula is C26H26O2. The van der Waals surface area contributed by atoms with Crippen LogP contribution in [0.1, 0.15) is 43.2 Å². The van der Waals surface area contributed by atoms with Crippen LogP contribution in [-0.2, 0) is 12.0 Å². The molecule has 3 aromatic rings. The Morgan fingerprint density at radius 3 is 2.21 bits per heavy atom. The average Bonchev–Trinajstić information content (AvgIpc) is 3.14. The van der Waals surface area contributed by atoms with Crippen LogP contribution < -0.4 is 0 Å². The van der Waals surface area contributed by atoms with Crippen molar-refractivity contribution in [1.82, 2.24) is 0 Å². The number of benzene rings is 3. The van der Waals surface area contributed by atoms with Gasteiger partial charge in [-0.25, -0.2) is 0 Å². The summed E-state index contributed by atoms with van der Waals surface area (Å²) in [7, 11) is 0. The van der Waals surface area contributed by atoms with E-state index in [9.17, 15) is 10.2 Å². The molecule has 2 atom stereocenters. The molecule has 0 aromatic heterocycles. The number of hydrogen-bond acceptors (Lipinski definition) is 2. The Kier molecular flexibility index (Phi) is 3.47. The van der Waals surface area contributed by atoms with Crippen molar-refractivity contribution < 1.29 is 10.2 Å². The van der Waals surface area contributed by atoms with Gasteiger partial charge in [0.05, 0.1) is 6.61 Å². The maximum Gasteiger partial charge on any atom is 0.119 e. The lowest BCUT2D eigenvalue weighted by molar-refractivity contribution is 0.224. The zero-order valence-electron chi connectivity index (χ0n) is 16.1. The van der Waals surface area contributed by atoms with Gasteiger partial charge in [-0.05, 0) is 107 Å². The molecule has 3 aromatic carbocycles. The van der Waals surface area contributed by atoms with Crippen molar-refractivity contribution in [3.63, 3.8) is 0 Å². The van der Waals surface area contributed by atoms with Crippen LogP contribution in [0.4, 0.5) is 0 Å². The highest BCUT2D eigenvalue weighted by molar-refractivity contribution is 5.88. The minimum absolute atomic E-state index is 0.0735. The van der Waals surface area contributed by atoms with E-state index in [0.717, 1.165) is 28.7 Å². The summed E-state index contributed by atoms with van der Waals surface area (Å²) in [4.78, 5) is 0. The van der Waals surface area contributed by atoms with Gasteiger partial charge in [0.1, 0.15) is 5.75 Å². The highest BCUT2D eigenvalue weighted by Crippen LogP contribution is 2.65. The molecule has 4 saturated carbocycles. The third-order valence-corrected chi connectivity index (χ3v) is 7.91. The molecule has 4 bridgehead atoms. The Balaban J connectivity index is 1.42. The van der Waals surface area contributed by atoms with Crippen molar-refractivity contribution in [1.29, 1.82) is 0 Å². The molecule has 0 saturated heterocycles. The number of rotatable bonds is 3. The van der Waals surface area contributed by atoms with Gasteiger partial charge in [-0.1, -0.05) is 30.3 Å². The molecule has 4 fully saturated rings. The predicted octanol–water partition coefficient (Wildman–Crippen LogP) is 5.78. The molecule has 0 radical (unpaired) electrons. The Hall–Kier alpha value is -2.32. The number of phenols is 1. The minimum atomic E-state index is 0.0735. The van der Waals surface area contributed by atoms with E-state index in [4.69, 9.17) is 0 Å². The number of hydrogen-bond donors (Lipinski definition) is 2. The molecule has 4 aliphatic carbocycles. The minimum Gasteiger partial charge on any atom is -0.508 e. The second kappa shape index (κ2) is 5.84. The normalized spacial score (nSPS) is 30.4. The van der Waals surface area contributed by atoms with Gasteiger partial charge in [-0.3, -0.25) is 0 Å². The number of aliphatic hydroxyl groups excluding tert-OH is 1. The molecule has 0 amide bonds. The monoisotopic (exact) mass is 370 g/mol. The van der Waals surface area contributed by atoms with Crippen molar-refractivity contribution in [2.45, 2.75) is 44.1 Å². The first-order valence-corrected chi connectivity index (χ1v) is 10.6. The van der Waals surface area contributed by atoms with Crippen molar-refractivity contribution in [2.75, 3.05) is 0 Å². The van der Waals surface area contributed by atoms with E-state index in [-0.39, 0.29) is 12.0 Å². The van der Waals surface area contributed by atoms with E-state index in [1.54, 1.807) is 0 Å². The van der Waals surface area contributed by atoms with Gasteiger partial charge < -0.3 is 10.2 Å². The molecule has 142 valence electrons. The van der Waals surface area contributed by atoms with Gasteiger partial charge in [0, 0.05) is 5.56 Å². The van der Waals surface area contributed by atoms with E-state index in [1.807, 2.05) is 18.2 Å². The van der Waals surface area contributed by atoms with Crippen LogP contribution in [0.25, 0.3) is 21.9 Å². The quantitative estimate of drug-likeness (QED) is 0.613. The lowest BCUT2D eigenvalue weighted by Crippen LogP contribution is -2.31. The molecule has 0 aliphatic heterocycles. The van der Waals surface area contributed by atoms with Crippen LogP contribution in [0.3, 0.4) is 0 Å². The Morgan fingerprint density at radius 1 is 0.786 bits per heavy atom. The zero-order chi connectivity index (χ0) is 18.9. The fraction of sp³-hybridized carbons (Fsp3) is 0.385. The fourth-order valence-corrected chi connectivity index (χ4v) is 6.85. The maximum atomic E-state index is 10.8. The molecule has 2 N–H and O–H groups in total. The third kappa shape index (κ3) is 2.37. The second-order valence-electron chi connectivity index (χ2n) is 9.54. The Bertz CT molecular complexity index is 1060. The molecule has 0 spiro atoms. The molecule has 2 nitrogen and oxygen atoms in total. The molecule has 7 rings (SSSR count). The first-order chi connectivity index (χ1) is 13.6. The standard InChI is InChI=1S/C26H26O2/c27-15-16-1-2-19-10-20(4-3-18(19)7-16)21-5-6-25(28)24(11-21)26-12-17-8-22(13-26)23(9-17)14-26/h1-7,10-11,17,22-23,27-28H,8-9,12-15H2. The maximum absolute atomic E-state index is 10.8.